The number of hydrogen-bond acceptors (Lipinski definition) is 4. The van der Waals surface area contributed by atoms with Gasteiger partial charge in [0.2, 0.25) is 0 Å². The highest BCUT2D eigenvalue weighted by atomic mass is 32.2. The van der Waals surface area contributed by atoms with E-state index in [-0.39, 0.29) is 17.5 Å². The first-order valence-electron chi connectivity index (χ1n) is 6.03. The molecule has 5 heteroatoms. The Kier molecular flexibility index (Phi) is 3.58. The third-order valence-electron chi connectivity index (χ3n) is 3.32. The molecular weight excluding hydrogens is 248 g/mol. The summed E-state index contributed by atoms with van der Waals surface area (Å²) in [5.74, 6) is 0.448. The molecule has 1 heterocycles. The second kappa shape index (κ2) is 4.99. The molecule has 96 valence electrons. The number of nitriles is 1. The molecule has 0 bridgehead atoms. The Morgan fingerprint density at radius 3 is 2.72 bits per heavy atom. The summed E-state index contributed by atoms with van der Waals surface area (Å²) in [6.07, 6.45) is 0.649. The van der Waals surface area contributed by atoms with Gasteiger partial charge < -0.3 is 4.90 Å². The average Bonchev–Trinajstić information content (AvgIpc) is 2.71. The van der Waals surface area contributed by atoms with Crippen LogP contribution in [0.2, 0.25) is 0 Å². The quantitative estimate of drug-likeness (QED) is 0.831. The zero-order valence-electron chi connectivity index (χ0n) is 10.3. The van der Waals surface area contributed by atoms with Crippen molar-refractivity contribution in [3.8, 4) is 6.07 Å². The number of anilines is 1. The molecule has 0 N–H and O–H groups in total. The van der Waals surface area contributed by atoms with Crippen molar-refractivity contribution in [2.75, 3.05) is 23.0 Å². The lowest BCUT2D eigenvalue weighted by Gasteiger charge is -2.29. The smallest absolute Gasteiger partial charge is 0.152 e. The van der Waals surface area contributed by atoms with Crippen LogP contribution in [0.4, 0.5) is 5.69 Å². The van der Waals surface area contributed by atoms with Gasteiger partial charge in [-0.15, -0.1) is 0 Å². The Hall–Kier alpha value is -1.54. The molecule has 0 saturated carbocycles. The molecule has 1 fully saturated rings. The fraction of sp³-hybridized carbons (Fsp3) is 0.462. The predicted molar refractivity (Wildman–Crippen MR) is 71.2 cm³/mol. The Labute approximate surface area is 108 Å². The molecule has 18 heavy (non-hydrogen) atoms. The highest BCUT2D eigenvalue weighted by Crippen LogP contribution is 2.26. The van der Waals surface area contributed by atoms with Crippen LogP contribution in [0.1, 0.15) is 18.9 Å². The molecule has 1 unspecified atom stereocenters. The van der Waals surface area contributed by atoms with E-state index in [4.69, 9.17) is 5.26 Å². The van der Waals surface area contributed by atoms with E-state index < -0.39 is 9.84 Å². The maximum Gasteiger partial charge on any atom is 0.152 e. The monoisotopic (exact) mass is 264 g/mol. The van der Waals surface area contributed by atoms with Gasteiger partial charge >= 0.3 is 0 Å². The number of rotatable bonds is 3. The molecule has 0 spiro atoms. The fourth-order valence-electron chi connectivity index (χ4n) is 2.47. The molecule has 0 aromatic heterocycles. The molecule has 1 aliphatic heterocycles. The molecule has 1 aliphatic rings. The molecule has 0 amide bonds. The summed E-state index contributed by atoms with van der Waals surface area (Å²) < 4.78 is 23.1. The zero-order chi connectivity index (χ0) is 13.2. The largest absolute Gasteiger partial charge is 0.367 e. The van der Waals surface area contributed by atoms with Crippen LogP contribution < -0.4 is 4.90 Å². The number of nitrogens with zero attached hydrogens (tertiary/aromatic N) is 2. The Morgan fingerprint density at radius 1 is 1.44 bits per heavy atom. The molecule has 1 saturated heterocycles. The van der Waals surface area contributed by atoms with Gasteiger partial charge in [0.1, 0.15) is 6.07 Å². The molecule has 0 radical (unpaired) electrons. The maximum absolute atomic E-state index is 11.6. The van der Waals surface area contributed by atoms with E-state index in [9.17, 15) is 8.42 Å². The normalized spacial score (nSPS) is 21.4. The standard InChI is InChI=1S/C13H16N2O2S/c1-2-15(12-7-8-18(16,17)10-12)13-6-4-3-5-11(13)9-14/h3-6,12H,2,7-8,10H2,1H3. The summed E-state index contributed by atoms with van der Waals surface area (Å²) in [5.41, 5.74) is 1.44. The fourth-order valence-corrected chi connectivity index (χ4v) is 4.20. The Bertz CT molecular complexity index is 575. The number of hydrogen-bond donors (Lipinski definition) is 0. The molecule has 1 aromatic rings. The van der Waals surface area contributed by atoms with E-state index in [2.05, 4.69) is 6.07 Å². The molecule has 4 nitrogen and oxygen atoms in total. The van der Waals surface area contributed by atoms with Crippen molar-refractivity contribution in [2.45, 2.75) is 19.4 Å². The van der Waals surface area contributed by atoms with Crippen LogP contribution in [-0.2, 0) is 9.84 Å². The first-order chi connectivity index (χ1) is 8.57. The first kappa shape index (κ1) is 12.9. The van der Waals surface area contributed by atoms with E-state index in [1.54, 1.807) is 6.07 Å². The minimum atomic E-state index is -2.90. The van der Waals surface area contributed by atoms with Crippen LogP contribution in [0.3, 0.4) is 0 Å². The molecule has 1 atom stereocenters. The van der Waals surface area contributed by atoms with Crippen molar-refractivity contribution < 1.29 is 8.42 Å². The topological polar surface area (TPSA) is 61.2 Å². The summed E-state index contributed by atoms with van der Waals surface area (Å²) in [6.45, 7) is 2.69. The van der Waals surface area contributed by atoms with Gasteiger partial charge in [-0.25, -0.2) is 8.42 Å². The highest BCUT2D eigenvalue weighted by molar-refractivity contribution is 7.91. The van der Waals surface area contributed by atoms with Crippen LogP contribution in [0.15, 0.2) is 24.3 Å². The van der Waals surface area contributed by atoms with E-state index in [0.717, 1.165) is 5.69 Å². The minimum absolute atomic E-state index is 0.00509. The maximum atomic E-state index is 11.6. The summed E-state index contributed by atoms with van der Waals surface area (Å²) in [7, 11) is -2.90. The van der Waals surface area contributed by atoms with Gasteiger partial charge in [-0.3, -0.25) is 0 Å². The summed E-state index contributed by atoms with van der Waals surface area (Å²) in [4.78, 5) is 2.03. The lowest BCUT2D eigenvalue weighted by atomic mass is 10.1. The second-order valence-electron chi connectivity index (χ2n) is 4.47. The van der Waals surface area contributed by atoms with Crippen molar-refractivity contribution in [3.63, 3.8) is 0 Å². The van der Waals surface area contributed by atoms with Crippen LogP contribution in [0, 0.1) is 11.3 Å². The lowest BCUT2D eigenvalue weighted by molar-refractivity contribution is 0.600. The van der Waals surface area contributed by atoms with Crippen LogP contribution in [0.25, 0.3) is 0 Å². The van der Waals surface area contributed by atoms with E-state index in [1.807, 2.05) is 30.0 Å². The molecule has 2 rings (SSSR count). The van der Waals surface area contributed by atoms with Gasteiger partial charge in [0.05, 0.1) is 22.8 Å². The SMILES string of the molecule is CCN(c1ccccc1C#N)C1CCS(=O)(=O)C1. The number of benzene rings is 1. The van der Waals surface area contributed by atoms with Crippen molar-refractivity contribution in [2.24, 2.45) is 0 Å². The van der Waals surface area contributed by atoms with Crippen molar-refractivity contribution in [1.29, 1.82) is 5.26 Å². The number of para-hydroxylation sites is 1. The van der Waals surface area contributed by atoms with Crippen molar-refractivity contribution in [3.05, 3.63) is 29.8 Å². The summed E-state index contributed by atoms with van der Waals surface area (Å²) in [6, 6.07) is 9.50. The third-order valence-corrected chi connectivity index (χ3v) is 5.07. The van der Waals surface area contributed by atoms with E-state index >= 15 is 0 Å². The molecule has 1 aromatic carbocycles. The average molecular weight is 264 g/mol. The van der Waals surface area contributed by atoms with E-state index in [0.29, 0.717) is 18.5 Å². The Morgan fingerprint density at radius 2 is 2.17 bits per heavy atom. The van der Waals surface area contributed by atoms with E-state index in [1.165, 1.54) is 0 Å². The van der Waals surface area contributed by atoms with Crippen LogP contribution >= 0.6 is 0 Å². The van der Waals surface area contributed by atoms with Gasteiger partial charge in [0, 0.05) is 12.6 Å². The summed E-state index contributed by atoms with van der Waals surface area (Å²) >= 11 is 0. The Balaban J connectivity index is 2.32. The van der Waals surface area contributed by atoms with Crippen molar-refractivity contribution >= 4 is 15.5 Å². The molecular formula is C13H16N2O2S. The summed E-state index contributed by atoms with van der Waals surface area (Å²) in [5, 5.41) is 9.11. The second-order valence-corrected chi connectivity index (χ2v) is 6.70. The van der Waals surface area contributed by atoms with Crippen LogP contribution in [-0.4, -0.2) is 32.5 Å². The van der Waals surface area contributed by atoms with Gasteiger partial charge in [-0.2, -0.15) is 5.26 Å². The highest BCUT2D eigenvalue weighted by Gasteiger charge is 2.32. The van der Waals surface area contributed by atoms with Gasteiger partial charge in [0.25, 0.3) is 0 Å². The lowest BCUT2D eigenvalue weighted by Crippen LogP contribution is -2.36. The molecule has 0 aliphatic carbocycles. The van der Waals surface area contributed by atoms with Gasteiger partial charge in [0.15, 0.2) is 9.84 Å². The number of sulfone groups is 1. The van der Waals surface area contributed by atoms with Crippen molar-refractivity contribution in [1.82, 2.24) is 0 Å². The first-order valence-corrected chi connectivity index (χ1v) is 7.85. The van der Waals surface area contributed by atoms with Gasteiger partial charge in [-0.05, 0) is 25.5 Å². The van der Waals surface area contributed by atoms with Gasteiger partial charge in [-0.1, -0.05) is 12.1 Å². The zero-order valence-corrected chi connectivity index (χ0v) is 11.2. The third kappa shape index (κ3) is 2.49. The minimum Gasteiger partial charge on any atom is -0.367 e. The van der Waals surface area contributed by atoms with Crippen LogP contribution in [0.5, 0.6) is 0 Å². The predicted octanol–water partition coefficient (Wildman–Crippen LogP) is 1.57.